The van der Waals surface area contributed by atoms with Crippen molar-refractivity contribution in [3.63, 3.8) is 0 Å². The van der Waals surface area contributed by atoms with Gasteiger partial charge in [0.1, 0.15) is 0 Å². The van der Waals surface area contributed by atoms with Crippen LogP contribution in [0.1, 0.15) is 54.9 Å². The first-order valence-corrected chi connectivity index (χ1v) is 8.31. The number of ether oxygens (including phenoxy) is 1. The van der Waals surface area contributed by atoms with Gasteiger partial charge in [-0.2, -0.15) is 0 Å². The van der Waals surface area contributed by atoms with Gasteiger partial charge in [0.25, 0.3) is 5.91 Å². The summed E-state index contributed by atoms with van der Waals surface area (Å²) in [5.74, 6) is -0.604. The molecule has 6 heteroatoms. The molecule has 1 heterocycles. The van der Waals surface area contributed by atoms with Gasteiger partial charge in [-0.15, -0.1) is 0 Å². The summed E-state index contributed by atoms with van der Waals surface area (Å²) in [6.45, 7) is 7.57. The molecule has 0 aliphatic carbocycles. The fourth-order valence-electron chi connectivity index (χ4n) is 2.15. The average molecular weight is 341 g/mol. The smallest absolute Gasteiger partial charge is 0.359 e. The Bertz CT molecular complexity index is 727. The van der Waals surface area contributed by atoms with Crippen molar-refractivity contribution in [1.29, 1.82) is 0 Å². The maximum atomic E-state index is 12.2. The number of esters is 1. The Balaban J connectivity index is 1.93. The molecule has 1 aromatic carbocycles. The maximum absolute atomic E-state index is 12.2. The molecule has 0 radical (unpaired) electrons. The van der Waals surface area contributed by atoms with Crippen molar-refractivity contribution in [3.8, 4) is 0 Å². The number of amides is 1. The molecule has 2 rings (SSSR count). The molecular formula is C19H23N3O3. The van der Waals surface area contributed by atoms with Gasteiger partial charge in [0, 0.05) is 11.9 Å². The SMILES string of the molecule is CC[C@@H](C)c1ccc(NC(=O)[C@H](C)OC(=O)c2cnc(C)cn2)cc1. The molecule has 0 aliphatic heterocycles. The van der Waals surface area contributed by atoms with Gasteiger partial charge in [-0.1, -0.05) is 26.0 Å². The normalized spacial score (nSPS) is 13.0. The quantitative estimate of drug-likeness (QED) is 0.814. The standard InChI is InChI=1S/C19H23N3O3/c1-5-12(2)15-6-8-16(9-7-15)22-18(23)14(4)25-19(24)17-11-20-13(3)10-21-17/h6-12,14H,5H2,1-4H3,(H,22,23)/t12-,14+/m1/s1. The molecule has 2 aromatic rings. The highest BCUT2D eigenvalue weighted by Crippen LogP contribution is 2.20. The van der Waals surface area contributed by atoms with Crippen molar-refractivity contribution in [2.75, 3.05) is 5.32 Å². The van der Waals surface area contributed by atoms with Crippen LogP contribution in [0.3, 0.4) is 0 Å². The summed E-state index contributed by atoms with van der Waals surface area (Å²) in [7, 11) is 0. The zero-order valence-electron chi connectivity index (χ0n) is 14.9. The van der Waals surface area contributed by atoms with E-state index in [0.717, 1.165) is 6.42 Å². The Morgan fingerprint density at radius 2 is 1.80 bits per heavy atom. The second-order valence-electron chi connectivity index (χ2n) is 6.01. The van der Waals surface area contributed by atoms with Gasteiger partial charge in [-0.05, 0) is 43.9 Å². The second-order valence-corrected chi connectivity index (χ2v) is 6.01. The first kappa shape index (κ1) is 18.6. The minimum Gasteiger partial charge on any atom is -0.448 e. The molecule has 2 atom stereocenters. The Morgan fingerprint density at radius 1 is 1.12 bits per heavy atom. The van der Waals surface area contributed by atoms with E-state index in [4.69, 9.17) is 4.74 Å². The Kier molecular flexibility index (Phi) is 6.22. The summed E-state index contributed by atoms with van der Waals surface area (Å²) in [4.78, 5) is 32.1. The fourth-order valence-corrected chi connectivity index (χ4v) is 2.15. The number of nitrogens with one attached hydrogen (secondary N) is 1. The van der Waals surface area contributed by atoms with Gasteiger partial charge in [-0.25, -0.2) is 9.78 Å². The van der Waals surface area contributed by atoms with Crippen LogP contribution >= 0.6 is 0 Å². The molecule has 6 nitrogen and oxygen atoms in total. The number of anilines is 1. The predicted octanol–water partition coefficient (Wildman–Crippen LogP) is 3.48. The van der Waals surface area contributed by atoms with Crippen LogP contribution in [0, 0.1) is 6.92 Å². The van der Waals surface area contributed by atoms with E-state index in [9.17, 15) is 9.59 Å². The van der Waals surface area contributed by atoms with Crippen LogP contribution in [0.4, 0.5) is 5.69 Å². The van der Waals surface area contributed by atoms with Gasteiger partial charge in [0.15, 0.2) is 11.8 Å². The number of aryl methyl sites for hydroxylation is 1. The molecular weight excluding hydrogens is 318 g/mol. The molecule has 132 valence electrons. The van der Waals surface area contributed by atoms with E-state index in [1.165, 1.54) is 24.9 Å². The minimum absolute atomic E-state index is 0.0724. The van der Waals surface area contributed by atoms with Crippen LogP contribution < -0.4 is 5.32 Å². The lowest BCUT2D eigenvalue weighted by Gasteiger charge is -2.14. The number of hydrogen-bond donors (Lipinski definition) is 1. The van der Waals surface area contributed by atoms with Crippen LogP contribution in [0.15, 0.2) is 36.7 Å². The van der Waals surface area contributed by atoms with E-state index >= 15 is 0 Å². The van der Waals surface area contributed by atoms with Crippen molar-refractivity contribution in [3.05, 3.63) is 53.6 Å². The Morgan fingerprint density at radius 3 is 2.36 bits per heavy atom. The number of hydrogen-bond acceptors (Lipinski definition) is 5. The number of carbonyl (C=O) groups is 2. The molecule has 0 spiro atoms. The van der Waals surface area contributed by atoms with Crippen LogP contribution in [0.5, 0.6) is 0 Å². The van der Waals surface area contributed by atoms with Gasteiger partial charge < -0.3 is 10.1 Å². The van der Waals surface area contributed by atoms with Gasteiger partial charge >= 0.3 is 5.97 Å². The summed E-state index contributed by atoms with van der Waals surface area (Å²) < 4.78 is 5.14. The minimum atomic E-state index is -0.940. The van der Waals surface area contributed by atoms with E-state index in [0.29, 0.717) is 17.3 Å². The molecule has 1 amide bonds. The number of nitrogens with zero attached hydrogens (tertiary/aromatic N) is 2. The van der Waals surface area contributed by atoms with E-state index in [2.05, 4.69) is 29.1 Å². The van der Waals surface area contributed by atoms with E-state index in [1.54, 1.807) is 6.92 Å². The molecule has 1 N–H and O–H groups in total. The van der Waals surface area contributed by atoms with Crippen molar-refractivity contribution in [2.24, 2.45) is 0 Å². The topological polar surface area (TPSA) is 81.2 Å². The molecule has 1 aromatic heterocycles. The first-order chi connectivity index (χ1) is 11.9. The number of benzene rings is 1. The van der Waals surface area contributed by atoms with Crippen molar-refractivity contribution >= 4 is 17.6 Å². The first-order valence-electron chi connectivity index (χ1n) is 8.31. The van der Waals surface area contributed by atoms with Crippen LogP contribution in [0.2, 0.25) is 0 Å². The highest BCUT2D eigenvalue weighted by atomic mass is 16.5. The third-order valence-electron chi connectivity index (χ3n) is 4.00. The largest absolute Gasteiger partial charge is 0.448 e. The molecule has 0 aliphatic rings. The predicted molar refractivity (Wildman–Crippen MR) is 95.4 cm³/mol. The van der Waals surface area contributed by atoms with Gasteiger partial charge in [0.05, 0.1) is 11.9 Å². The van der Waals surface area contributed by atoms with E-state index in [-0.39, 0.29) is 5.69 Å². The number of aromatic nitrogens is 2. The molecule has 25 heavy (non-hydrogen) atoms. The van der Waals surface area contributed by atoms with E-state index < -0.39 is 18.0 Å². The van der Waals surface area contributed by atoms with Crippen LogP contribution in [0.25, 0.3) is 0 Å². The van der Waals surface area contributed by atoms with Gasteiger partial charge in [-0.3, -0.25) is 9.78 Å². The third-order valence-corrected chi connectivity index (χ3v) is 4.00. The maximum Gasteiger partial charge on any atom is 0.359 e. The molecule has 0 saturated heterocycles. The lowest BCUT2D eigenvalue weighted by molar-refractivity contribution is -0.123. The van der Waals surface area contributed by atoms with Crippen molar-refractivity contribution < 1.29 is 14.3 Å². The summed E-state index contributed by atoms with van der Waals surface area (Å²) in [5, 5.41) is 2.74. The van der Waals surface area contributed by atoms with Crippen molar-refractivity contribution in [1.82, 2.24) is 9.97 Å². The van der Waals surface area contributed by atoms with Crippen LogP contribution in [-0.4, -0.2) is 27.9 Å². The molecule has 0 unspecified atom stereocenters. The highest BCUT2D eigenvalue weighted by molar-refractivity contribution is 5.96. The average Bonchev–Trinajstić information content (AvgIpc) is 2.62. The van der Waals surface area contributed by atoms with E-state index in [1.807, 2.05) is 24.3 Å². The third kappa shape index (κ3) is 5.11. The summed E-state index contributed by atoms with van der Waals surface area (Å²) >= 11 is 0. The van der Waals surface area contributed by atoms with Gasteiger partial charge in [0.2, 0.25) is 0 Å². The number of carbonyl (C=O) groups excluding carboxylic acids is 2. The lowest BCUT2D eigenvalue weighted by atomic mass is 9.99. The summed E-state index contributed by atoms with van der Waals surface area (Å²) in [6, 6.07) is 7.67. The zero-order valence-corrected chi connectivity index (χ0v) is 14.9. The highest BCUT2D eigenvalue weighted by Gasteiger charge is 2.20. The molecule has 0 fully saturated rings. The van der Waals surface area contributed by atoms with Crippen molar-refractivity contribution in [2.45, 2.75) is 46.1 Å². The van der Waals surface area contributed by atoms with Crippen LogP contribution in [-0.2, 0) is 9.53 Å². The Labute approximate surface area is 147 Å². The second kappa shape index (κ2) is 8.37. The summed E-state index contributed by atoms with van der Waals surface area (Å²) in [5.41, 5.74) is 2.65. The summed E-state index contributed by atoms with van der Waals surface area (Å²) in [6.07, 6.45) is 2.92. The molecule has 0 saturated carbocycles. The molecule has 0 bridgehead atoms. The zero-order chi connectivity index (χ0) is 18.4. The number of rotatable bonds is 6. The monoisotopic (exact) mass is 341 g/mol. The lowest BCUT2D eigenvalue weighted by Crippen LogP contribution is -2.30. The fraction of sp³-hybridized carbons (Fsp3) is 0.368. The Hall–Kier alpha value is -2.76.